The Morgan fingerprint density at radius 3 is 2.60 bits per heavy atom. The largest absolute Gasteiger partial charge is 0.497 e. The van der Waals surface area contributed by atoms with Gasteiger partial charge in [-0.25, -0.2) is 0 Å². The number of methoxy groups -OCH3 is 2. The lowest BCUT2D eigenvalue weighted by atomic mass is 9.95. The molecule has 0 aliphatic carbocycles. The molecule has 1 aliphatic heterocycles. The van der Waals surface area contributed by atoms with Crippen LogP contribution in [0.15, 0.2) is 47.2 Å². The summed E-state index contributed by atoms with van der Waals surface area (Å²) in [6.07, 6.45) is 5.27. The van der Waals surface area contributed by atoms with Crippen molar-refractivity contribution < 1.29 is 18.8 Å². The molecule has 1 aliphatic rings. The SMILES string of the molecule is COc1ccc(OC)c(CC(=O)N2CCC(c3noc(-c4ccncc4)n3)CC2)c1. The third-order valence-electron chi connectivity index (χ3n) is 5.41. The van der Waals surface area contributed by atoms with Crippen molar-refractivity contribution in [1.29, 1.82) is 0 Å². The fourth-order valence-corrected chi connectivity index (χ4v) is 3.69. The van der Waals surface area contributed by atoms with E-state index in [-0.39, 0.29) is 18.2 Å². The van der Waals surface area contributed by atoms with Crippen molar-refractivity contribution in [1.82, 2.24) is 20.0 Å². The Hall–Kier alpha value is -3.42. The van der Waals surface area contributed by atoms with Gasteiger partial charge in [-0.05, 0) is 43.2 Å². The Morgan fingerprint density at radius 1 is 1.13 bits per heavy atom. The molecule has 3 aromatic rings. The molecular weight excluding hydrogens is 384 g/mol. The Morgan fingerprint density at radius 2 is 1.90 bits per heavy atom. The number of likely N-dealkylation sites (tertiary alicyclic amines) is 1. The van der Waals surface area contributed by atoms with Crippen LogP contribution < -0.4 is 9.47 Å². The summed E-state index contributed by atoms with van der Waals surface area (Å²) in [5.74, 6) is 2.85. The first-order valence-corrected chi connectivity index (χ1v) is 9.90. The van der Waals surface area contributed by atoms with Crippen LogP contribution in [-0.4, -0.2) is 53.2 Å². The van der Waals surface area contributed by atoms with Crippen LogP contribution in [0.4, 0.5) is 0 Å². The van der Waals surface area contributed by atoms with E-state index in [0.717, 1.165) is 24.0 Å². The molecular formula is C22H24N4O4. The van der Waals surface area contributed by atoms with Gasteiger partial charge in [-0.2, -0.15) is 4.98 Å². The second kappa shape index (κ2) is 8.94. The lowest BCUT2D eigenvalue weighted by molar-refractivity contribution is -0.131. The molecule has 4 rings (SSSR count). The maximum absolute atomic E-state index is 12.8. The van der Waals surface area contributed by atoms with Crippen LogP contribution in [0.3, 0.4) is 0 Å². The van der Waals surface area contributed by atoms with Crippen molar-refractivity contribution in [3.63, 3.8) is 0 Å². The van der Waals surface area contributed by atoms with Crippen LogP contribution in [0.2, 0.25) is 0 Å². The number of nitrogens with zero attached hydrogens (tertiary/aromatic N) is 4. The van der Waals surface area contributed by atoms with Crippen LogP contribution in [0.25, 0.3) is 11.5 Å². The molecule has 1 saturated heterocycles. The zero-order chi connectivity index (χ0) is 20.9. The first-order chi connectivity index (χ1) is 14.7. The lowest BCUT2D eigenvalue weighted by Gasteiger charge is -2.30. The smallest absolute Gasteiger partial charge is 0.258 e. The normalized spacial score (nSPS) is 14.5. The van der Waals surface area contributed by atoms with Crippen LogP contribution in [0, 0.1) is 0 Å². The minimum Gasteiger partial charge on any atom is -0.497 e. The maximum atomic E-state index is 12.8. The van der Waals surface area contributed by atoms with Gasteiger partial charge in [0.2, 0.25) is 5.91 Å². The summed E-state index contributed by atoms with van der Waals surface area (Å²) in [6, 6.07) is 9.17. The van der Waals surface area contributed by atoms with E-state index in [4.69, 9.17) is 14.0 Å². The van der Waals surface area contributed by atoms with Crippen molar-refractivity contribution in [2.75, 3.05) is 27.3 Å². The first kappa shape index (κ1) is 19.9. The molecule has 0 radical (unpaired) electrons. The topological polar surface area (TPSA) is 90.6 Å². The highest BCUT2D eigenvalue weighted by Crippen LogP contribution is 2.29. The second-order valence-corrected chi connectivity index (χ2v) is 7.20. The van der Waals surface area contributed by atoms with E-state index in [1.807, 2.05) is 35.2 Å². The summed E-state index contributed by atoms with van der Waals surface area (Å²) >= 11 is 0. The Bertz CT molecular complexity index is 997. The summed E-state index contributed by atoms with van der Waals surface area (Å²) in [6.45, 7) is 1.32. The standard InChI is InChI=1S/C22H24N4O4/c1-28-18-3-4-19(29-2)17(13-18)14-20(27)26-11-7-15(8-12-26)21-24-22(30-25-21)16-5-9-23-10-6-16/h3-6,9-10,13,15H,7-8,11-12,14H2,1-2H3. The van der Waals surface area contributed by atoms with E-state index in [9.17, 15) is 4.79 Å². The number of hydrogen-bond acceptors (Lipinski definition) is 7. The molecule has 0 atom stereocenters. The number of aromatic nitrogens is 3. The second-order valence-electron chi connectivity index (χ2n) is 7.20. The van der Waals surface area contributed by atoms with Crippen molar-refractivity contribution in [2.24, 2.45) is 0 Å². The minimum absolute atomic E-state index is 0.0746. The predicted octanol–water partition coefficient (Wildman–Crippen LogP) is 3.10. The quantitative estimate of drug-likeness (QED) is 0.619. The number of ether oxygens (including phenoxy) is 2. The number of amides is 1. The van der Waals surface area contributed by atoms with E-state index < -0.39 is 0 Å². The van der Waals surface area contributed by atoms with Gasteiger partial charge in [0, 0.05) is 42.5 Å². The number of hydrogen-bond donors (Lipinski definition) is 0. The number of rotatable bonds is 6. The molecule has 1 amide bonds. The van der Waals surface area contributed by atoms with Gasteiger partial charge in [0.1, 0.15) is 11.5 Å². The third kappa shape index (κ3) is 4.27. The number of piperidine rings is 1. The van der Waals surface area contributed by atoms with E-state index >= 15 is 0 Å². The molecule has 0 bridgehead atoms. The fourth-order valence-electron chi connectivity index (χ4n) is 3.69. The molecule has 30 heavy (non-hydrogen) atoms. The van der Waals surface area contributed by atoms with E-state index in [2.05, 4.69) is 15.1 Å². The van der Waals surface area contributed by atoms with Gasteiger partial charge in [-0.3, -0.25) is 9.78 Å². The molecule has 0 unspecified atom stereocenters. The summed E-state index contributed by atoms with van der Waals surface area (Å²) in [5.41, 5.74) is 1.67. The molecule has 8 heteroatoms. The van der Waals surface area contributed by atoms with Gasteiger partial charge in [0.25, 0.3) is 5.89 Å². The first-order valence-electron chi connectivity index (χ1n) is 9.90. The Balaban J connectivity index is 1.37. The average Bonchev–Trinajstić information content (AvgIpc) is 3.30. The molecule has 8 nitrogen and oxygen atoms in total. The summed E-state index contributed by atoms with van der Waals surface area (Å²) in [4.78, 5) is 23.3. The molecule has 1 fully saturated rings. The zero-order valence-corrected chi connectivity index (χ0v) is 17.1. The van der Waals surface area contributed by atoms with Gasteiger partial charge in [-0.1, -0.05) is 5.16 Å². The Kier molecular flexibility index (Phi) is 5.92. The summed E-state index contributed by atoms with van der Waals surface area (Å²) < 4.78 is 16.1. The monoisotopic (exact) mass is 408 g/mol. The zero-order valence-electron chi connectivity index (χ0n) is 17.1. The summed E-state index contributed by atoms with van der Waals surface area (Å²) in [5, 5.41) is 4.16. The van der Waals surface area contributed by atoms with Crippen molar-refractivity contribution in [2.45, 2.75) is 25.2 Å². The van der Waals surface area contributed by atoms with E-state index in [0.29, 0.717) is 36.3 Å². The molecule has 3 heterocycles. The lowest BCUT2D eigenvalue weighted by Crippen LogP contribution is -2.39. The van der Waals surface area contributed by atoms with Crippen molar-refractivity contribution >= 4 is 5.91 Å². The van der Waals surface area contributed by atoms with Gasteiger partial charge in [-0.15, -0.1) is 0 Å². The van der Waals surface area contributed by atoms with Crippen molar-refractivity contribution in [3.8, 4) is 23.0 Å². The van der Waals surface area contributed by atoms with E-state index in [1.165, 1.54) is 0 Å². The fraction of sp³-hybridized carbons (Fsp3) is 0.364. The van der Waals surface area contributed by atoms with Crippen LogP contribution in [-0.2, 0) is 11.2 Å². The van der Waals surface area contributed by atoms with Gasteiger partial charge < -0.3 is 18.9 Å². The highest BCUT2D eigenvalue weighted by Gasteiger charge is 2.27. The molecule has 1 aromatic carbocycles. The minimum atomic E-state index is 0.0746. The van der Waals surface area contributed by atoms with Gasteiger partial charge in [0.05, 0.1) is 20.6 Å². The van der Waals surface area contributed by atoms with Crippen LogP contribution in [0.1, 0.15) is 30.1 Å². The van der Waals surface area contributed by atoms with E-state index in [1.54, 1.807) is 26.6 Å². The highest BCUT2D eigenvalue weighted by molar-refractivity contribution is 5.79. The highest BCUT2D eigenvalue weighted by atomic mass is 16.5. The molecule has 2 aromatic heterocycles. The molecule has 0 spiro atoms. The summed E-state index contributed by atoms with van der Waals surface area (Å²) in [7, 11) is 3.21. The van der Waals surface area contributed by atoms with Crippen LogP contribution >= 0.6 is 0 Å². The average molecular weight is 408 g/mol. The van der Waals surface area contributed by atoms with Gasteiger partial charge in [0.15, 0.2) is 5.82 Å². The molecule has 156 valence electrons. The van der Waals surface area contributed by atoms with Gasteiger partial charge >= 0.3 is 0 Å². The maximum Gasteiger partial charge on any atom is 0.258 e. The number of carbonyl (C=O) groups excluding carboxylic acids is 1. The molecule has 0 saturated carbocycles. The Labute approximate surface area is 174 Å². The van der Waals surface area contributed by atoms with Crippen LogP contribution in [0.5, 0.6) is 11.5 Å². The number of pyridine rings is 1. The number of carbonyl (C=O) groups is 1. The van der Waals surface area contributed by atoms with Crippen molar-refractivity contribution in [3.05, 3.63) is 54.1 Å². The predicted molar refractivity (Wildman–Crippen MR) is 109 cm³/mol. The third-order valence-corrected chi connectivity index (χ3v) is 5.41. The molecule has 0 N–H and O–H groups in total. The number of benzene rings is 1.